The number of aliphatic hydroxyl groups excluding tert-OH is 2. The summed E-state index contributed by atoms with van der Waals surface area (Å²) < 4.78 is 38.6. The van der Waals surface area contributed by atoms with Crippen molar-refractivity contribution in [3.63, 3.8) is 0 Å². The van der Waals surface area contributed by atoms with Crippen LogP contribution >= 0.6 is 7.82 Å². The Morgan fingerprint density at radius 2 is 1.19 bits per heavy atom. The lowest BCUT2D eigenvalue weighted by Gasteiger charge is -2.20. The Balaban J connectivity index is 2.21. The second-order valence-corrected chi connectivity index (χ2v) is 18.1. The highest BCUT2D eigenvalue weighted by Gasteiger charge is 2.36. The minimum Gasteiger partial charge on any atom is -0.462 e. The second-order valence-electron chi connectivity index (χ2n) is 16.6. The molecule has 0 radical (unpaired) electrons. The summed E-state index contributed by atoms with van der Waals surface area (Å²) in [6.07, 6.45) is 34.8. The monoisotopic (exact) mass is 833 g/mol. The lowest BCUT2D eigenvalue weighted by Crippen LogP contribution is -2.29. The first-order valence-corrected chi connectivity index (χ1v) is 24.6. The van der Waals surface area contributed by atoms with Crippen LogP contribution in [0.4, 0.5) is 0 Å². The summed E-state index contributed by atoms with van der Waals surface area (Å²) in [5.41, 5.74) is 0. The molecular formula is C45H85O11P. The van der Waals surface area contributed by atoms with Crippen LogP contribution in [0.1, 0.15) is 207 Å². The van der Waals surface area contributed by atoms with Gasteiger partial charge in [-0.25, -0.2) is 4.57 Å². The standard InChI is InChI=1S/C45H85O11P/c1-4-5-6-7-21-26-31-42-43(56-42)32-27-22-19-24-28-33-44(48)52-37-41(38-54-57(50,51)53-36-40(47)35-46)55-45(49)34-29-23-18-16-14-12-10-8-9-11-13-15-17-20-25-30-39(2)3/h21,26,39-43,46-47H,4-20,22-25,27-38H2,1-3H3,(H,50,51)/b26-21-/t40-,41+,42?,43?/m0/s1. The fourth-order valence-electron chi connectivity index (χ4n) is 6.83. The van der Waals surface area contributed by atoms with Crippen LogP contribution in [-0.4, -0.2) is 77.9 Å². The quantitative estimate of drug-likeness (QED) is 0.0176. The number of phosphoric acid groups is 1. The van der Waals surface area contributed by atoms with Crippen LogP contribution in [0, 0.1) is 5.92 Å². The van der Waals surface area contributed by atoms with E-state index >= 15 is 0 Å². The molecule has 57 heavy (non-hydrogen) atoms. The van der Waals surface area contributed by atoms with Gasteiger partial charge in [-0.05, 0) is 44.4 Å². The van der Waals surface area contributed by atoms with Gasteiger partial charge in [-0.1, -0.05) is 168 Å². The van der Waals surface area contributed by atoms with Gasteiger partial charge in [0.2, 0.25) is 0 Å². The van der Waals surface area contributed by atoms with E-state index in [2.05, 4.69) is 32.9 Å². The van der Waals surface area contributed by atoms with Crippen LogP contribution in [0.2, 0.25) is 0 Å². The van der Waals surface area contributed by atoms with Crippen LogP contribution in [0.5, 0.6) is 0 Å². The first kappa shape index (κ1) is 53.7. The van der Waals surface area contributed by atoms with Crippen LogP contribution < -0.4 is 0 Å². The minimum atomic E-state index is -4.62. The maximum Gasteiger partial charge on any atom is 0.472 e. The Kier molecular flexibility index (Phi) is 34.4. The zero-order valence-corrected chi connectivity index (χ0v) is 37.3. The van der Waals surface area contributed by atoms with Gasteiger partial charge in [0.05, 0.1) is 32.0 Å². The van der Waals surface area contributed by atoms with Crippen LogP contribution in [-0.2, 0) is 37.4 Å². The van der Waals surface area contributed by atoms with E-state index < -0.39 is 51.8 Å². The highest BCUT2D eigenvalue weighted by atomic mass is 31.2. The minimum absolute atomic E-state index is 0.182. The number of hydrogen-bond acceptors (Lipinski definition) is 10. The number of epoxide rings is 1. The fourth-order valence-corrected chi connectivity index (χ4v) is 7.62. The Labute approximate surface area is 347 Å². The van der Waals surface area contributed by atoms with E-state index in [9.17, 15) is 24.2 Å². The van der Waals surface area contributed by atoms with E-state index in [-0.39, 0.29) is 19.4 Å². The number of aliphatic hydroxyl groups is 2. The zero-order chi connectivity index (χ0) is 41.8. The van der Waals surface area contributed by atoms with Crippen molar-refractivity contribution in [1.82, 2.24) is 0 Å². The summed E-state index contributed by atoms with van der Waals surface area (Å²) in [6, 6.07) is 0. The van der Waals surface area contributed by atoms with Crippen molar-refractivity contribution in [3.8, 4) is 0 Å². The molecule has 0 saturated carbocycles. The summed E-state index contributed by atoms with van der Waals surface area (Å²) in [4.78, 5) is 35.1. The lowest BCUT2D eigenvalue weighted by atomic mass is 10.0. The van der Waals surface area contributed by atoms with Gasteiger partial charge in [0.15, 0.2) is 6.10 Å². The zero-order valence-electron chi connectivity index (χ0n) is 36.4. The van der Waals surface area contributed by atoms with Gasteiger partial charge in [0, 0.05) is 12.8 Å². The maximum atomic E-state index is 12.6. The first-order valence-electron chi connectivity index (χ1n) is 23.1. The normalized spacial score (nSPS) is 17.5. The summed E-state index contributed by atoms with van der Waals surface area (Å²) >= 11 is 0. The van der Waals surface area contributed by atoms with Gasteiger partial charge in [0.25, 0.3) is 0 Å². The smallest absolute Gasteiger partial charge is 0.462 e. The van der Waals surface area contributed by atoms with E-state index in [4.69, 9.17) is 28.4 Å². The van der Waals surface area contributed by atoms with E-state index in [1.807, 2.05) is 0 Å². The molecule has 0 bridgehead atoms. The number of esters is 2. The molecule has 1 heterocycles. The van der Waals surface area contributed by atoms with Crippen LogP contribution in [0.3, 0.4) is 0 Å². The molecule has 12 heteroatoms. The largest absolute Gasteiger partial charge is 0.472 e. The fraction of sp³-hybridized carbons (Fsp3) is 0.911. The molecule has 0 aromatic rings. The van der Waals surface area contributed by atoms with Gasteiger partial charge in [0.1, 0.15) is 12.7 Å². The number of phosphoric ester groups is 1. The predicted octanol–water partition coefficient (Wildman–Crippen LogP) is 11.2. The highest BCUT2D eigenvalue weighted by Crippen LogP contribution is 2.43. The predicted molar refractivity (Wildman–Crippen MR) is 228 cm³/mol. The average Bonchev–Trinajstić information content (AvgIpc) is 3.94. The molecule has 5 atom stereocenters. The number of ether oxygens (including phenoxy) is 3. The molecule has 1 aliphatic heterocycles. The molecule has 336 valence electrons. The molecule has 0 aromatic heterocycles. The van der Waals surface area contributed by atoms with Gasteiger partial charge in [-0.15, -0.1) is 0 Å². The third-order valence-corrected chi connectivity index (χ3v) is 11.5. The van der Waals surface area contributed by atoms with Gasteiger partial charge >= 0.3 is 19.8 Å². The Morgan fingerprint density at radius 1 is 0.667 bits per heavy atom. The lowest BCUT2D eigenvalue weighted by molar-refractivity contribution is -0.161. The highest BCUT2D eigenvalue weighted by molar-refractivity contribution is 7.47. The Hall–Kier alpha value is -1.33. The van der Waals surface area contributed by atoms with Crippen molar-refractivity contribution < 1.29 is 52.5 Å². The van der Waals surface area contributed by atoms with Crippen molar-refractivity contribution in [3.05, 3.63) is 12.2 Å². The molecule has 0 spiro atoms. The third kappa shape index (κ3) is 35.2. The number of unbranched alkanes of at least 4 members (excludes halogenated alkanes) is 21. The molecule has 1 aliphatic rings. The third-order valence-electron chi connectivity index (χ3n) is 10.5. The van der Waals surface area contributed by atoms with E-state index in [1.165, 1.54) is 96.3 Å². The molecule has 1 fully saturated rings. The van der Waals surface area contributed by atoms with Crippen molar-refractivity contribution in [1.29, 1.82) is 0 Å². The van der Waals surface area contributed by atoms with Crippen molar-refractivity contribution >= 4 is 19.8 Å². The summed E-state index contributed by atoms with van der Waals surface area (Å²) in [5, 5.41) is 18.4. The van der Waals surface area contributed by atoms with Gasteiger partial charge in [-0.3, -0.25) is 18.6 Å². The molecule has 11 nitrogen and oxygen atoms in total. The summed E-state index contributed by atoms with van der Waals surface area (Å²) in [5.74, 6) is -0.112. The second kappa shape index (κ2) is 36.5. The molecule has 1 rings (SSSR count). The number of hydrogen-bond donors (Lipinski definition) is 3. The topological polar surface area (TPSA) is 161 Å². The summed E-state index contributed by atoms with van der Waals surface area (Å²) in [7, 11) is -4.62. The summed E-state index contributed by atoms with van der Waals surface area (Å²) in [6.45, 7) is 4.69. The van der Waals surface area contributed by atoms with Crippen molar-refractivity contribution in [2.45, 2.75) is 231 Å². The van der Waals surface area contributed by atoms with E-state index in [0.29, 0.717) is 25.0 Å². The number of carbonyl (C=O) groups excluding carboxylic acids is 2. The molecule has 0 aromatic carbocycles. The molecule has 0 amide bonds. The van der Waals surface area contributed by atoms with Crippen LogP contribution in [0.25, 0.3) is 0 Å². The number of allylic oxidation sites excluding steroid dienone is 1. The Morgan fingerprint density at radius 3 is 1.75 bits per heavy atom. The van der Waals surface area contributed by atoms with Crippen molar-refractivity contribution in [2.75, 3.05) is 26.4 Å². The van der Waals surface area contributed by atoms with Gasteiger partial charge < -0.3 is 29.3 Å². The molecule has 0 aliphatic carbocycles. The van der Waals surface area contributed by atoms with Gasteiger partial charge in [-0.2, -0.15) is 0 Å². The first-order chi connectivity index (χ1) is 27.6. The molecule has 3 unspecified atom stereocenters. The van der Waals surface area contributed by atoms with Crippen LogP contribution in [0.15, 0.2) is 12.2 Å². The maximum absolute atomic E-state index is 12.6. The Bertz CT molecular complexity index is 1040. The van der Waals surface area contributed by atoms with E-state index in [0.717, 1.165) is 70.1 Å². The van der Waals surface area contributed by atoms with Crippen molar-refractivity contribution in [2.24, 2.45) is 5.92 Å². The number of carbonyl (C=O) groups is 2. The molecule has 3 N–H and O–H groups in total. The molecular weight excluding hydrogens is 747 g/mol. The molecule has 1 saturated heterocycles. The van der Waals surface area contributed by atoms with E-state index in [1.54, 1.807) is 0 Å². The number of rotatable bonds is 42. The average molecular weight is 833 g/mol. The SMILES string of the molecule is CCCCC/C=C\CC1OC1CCCCCCCC(=O)OC[C@H](COP(=O)(O)OC[C@@H](O)CO)OC(=O)CCCCCCCCCCCCCCCCCC(C)C.